The summed E-state index contributed by atoms with van der Waals surface area (Å²) in [5, 5.41) is 10.0. The molecule has 0 spiro atoms. The van der Waals surface area contributed by atoms with Gasteiger partial charge in [-0.1, -0.05) is 6.07 Å². The Morgan fingerprint density at radius 1 is 1.44 bits per heavy atom. The van der Waals surface area contributed by atoms with E-state index < -0.39 is 0 Å². The lowest BCUT2D eigenvalue weighted by Gasteiger charge is -2.13. The maximum atomic E-state index is 13.0. The van der Waals surface area contributed by atoms with E-state index in [1.165, 1.54) is 11.6 Å². The summed E-state index contributed by atoms with van der Waals surface area (Å²) in [4.78, 5) is 0. The van der Waals surface area contributed by atoms with Crippen molar-refractivity contribution >= 4 is 5.69 Å². The van der Waals surface area contributed by atoms with Gasteiger partial charge in [0.2, 0.25) is 0 Å². The van der Waals surface area contributed by atoms with Crippen LogP contribution in [-0.4, -0.2) is 10.2 Å². The topological polar surface area (TPSA) is 40.7 Å². The van der Waals surface area contributed by atoms with Gasteiger partial charge in [0, 0.05) is 6.20 Å². The Kier molecular flexibility index (Phi) is 2.13. The fourth-order valence-corrected chi connectivity index (χ4v) is 2.27. The van der Waals surface area contributed by atoms with Gasteiger partial charge < -0.3 is 5.32 Å². The second-order valence-electron chi connectivity index (χ2n) is 4.07. The van der Waals surface area contributed by atoms with E-state index in [9.17, 15) is 4.39 Å². The third-order valence-corrected chi connectivity index (χ3v) is 3.02. The van der Waals surface area contributed by atoms with Crippen molar-refractivity contribution in [2.24, 2.45) is 0 Å². The van der Waals surface area contributed by atoms with Crippen LogP contribution in [0.1, 0.15) is 23.6 Å². The van der Waals surface area contributed by atoms with Crippen molar-refractivity contribution in [2.45, 2.75) is 18.9 Å². The number of aromatic amines is 1. The summed E-state index contributed by atoms with van der Waals surface area (Å²) in [6, 6.07) is 5.30. The summed E-state index contributed by atoms with van der Waals surface area (Å²) in [5.74, 6) is -0.150. The molecule has 1 unspecified atom stereocenters. The van der Waals surface area contributed by atoms with Gasteiger partial charge in [-0.05, 0) is 36.1 Å². The second kappa shape index (κ2) is 3.63. The average Bonchev–Trinajstić information content (AvgIpc) is 2.89. The number of halogens is 1. The molecule has 1 heterocycles. The molecule has 4 heteroatoms. The Morgan fingerprint density at radius 3 is 3.19 bits per heavy atom. The van der Waals surface area contributed by atoms with Gasteiger partial charge in [0.15, 0.2) is 0 Å². The predicted molar refractivity (Wildman–Crippen MR) is 59.7 cm³/mol. The molecule has 0 bridgehead atoms. The molecule has 16 heavy (non-hydrogen) atoms. The van der Waals surface area contributed by atoms with Gasteiger partial charge in [-0.15, -0.1) is 0 Å². The lowest BCUT2D eigenvalue weighted by atomic mass is 10.1. The van der Waals surface area contributed by atoms with Crippen LogP contribution >= 0.6 is 0 Å². The van der Waals surface area contributed by atoms with Crippen LogP contribution in [0.3, 0.4) is 0 Å². The minimum atomic E-state index is -0.150. The third-order valence-electron chi connectivity index (χ3n) is 3.02. The second-order valence-corrected chi connectivity index (χ2v) is 4.07. The normalized spacial score (nSPS) is 18.4. The first-order valence-corrected chi connectivity index (χ1v) is 5.36. The first-order chi connectivity index (χ1) is 7.83. The highest BCUT2D eigenvalue weighted by molar-refractivity contribution is 5.45. The molecule has 1 aromatic carbocycles. The number of nitrogens with one attached hydrogen (secondary N) is 2. The molecule has 0 radical (unpaired) electrons. The zero-order valence-corrected chi connectivity index (χ0v) is 8.70. The van der Waals surface area contributed by atoms with Gasteiger partial charge in [0.1, 0.15) is 5.82 Å². The molecule has 1 aliphatic carbocycles. The molecule has 0 saturated heterocycles. The molecule has 0 saturated carbocycles. The van der Waals surface area contributed by atoms with E-state index in [1.807, 2.05) is 12.3 Å². The van der Waals surface area contributed by atoms with Gasteiger partial charge in [0.25, 0.3) is 0 Å². The zero-order chi connectivity index (χ0) is 11.0. The lowest BCUT2D eigenvalue weighted by Crippen LogP contribution is -2.06. The number of hydrogen-bond donors (Lipinski definition) is 2. The number of H-pyrrole nitrogens is 1. The number of aryl methyl sites for hydroxylation is 1. The first-order valence-electron chi connectivity index (χ1n) is 5.36. The Bertz CT molecular complexity index is 493. The molecule has 1 atom stereocenters. The first kappa shape index (κ1) is 9.39. The smallest absolute Gasteiger partial charge is 0.123 e. The molecular formula is C12H12FN3. The Morgan fingerprint density at radius 2 is 2.38 bits per heavy atom. The molecular weight excluding hydrogens is 205 g/mol. The highest BCUT2D eigenvalue weighted by atomic mass is 19.1. The number of aromatic nitrogens is 2. The minimum Gasteiger partial charge on any atom is -0.376 e. The summed E-state index contributed by atoms with van der Waals surface area (Å²) < 4.78 is 13.0. The molecule has 0 aliphatic heterocycles. The molecule has 82 valence electrons. The van der Waals surface area contributed by atoms with Crippen LogP contribution in [0.4, 0.5) is 10.1 Å². The summed E-state index contributed by atoms with van der Waals surface area (Å²) in [5.41, 5.74) is 3.28. The quantitative estimate of drug-likeness (QED) is 0.811. The van der Waals surface area contributed by atoms with E-state index in [0.29, 0.717) is 0 Å². The highest BCUT2D eigenvalue weighted by Gasteiger charge is 2.22. The monoisotopic (exact) mass is 217 g/mol. The van der Waals surface area contributed by atoms with Crippen LogP contribution in [0, 0.1) is 5.82 Å². The van der Waals surface area contributed by atoms with Gasteiger partial charge in [0.05, 0.1) is 17.9 Å². The maximum Gasteiger partial charge on any atom is 0.123 e. The zero-order valence-electron chi connectivity index (χ0n) is 8.70. The average molecular weight is 217 g/mol. The number of rotatable bonds is 2. The molecule has 0 amide bonds. The highest BCUT2D eigenvalue weighted by Crippen LogP contribution is 2.33. The molecule has 3 nitrogen and oxygen atoms in total. The summed E-state index contributed by atoms with van der Waals surface area (Å²) in [6.45, 7) is 0. The number of fused-ring (bicyclic) bond motifs is 1. The van der Waals surface area contributed by atoms with Crippen molar-refractivity contribution in [3.05, 3.63) is 47.5 Å². The lowest BCUT2D eigenvalue weighted by molar-refractivity contribution is 0.626. The van der Waals surface area contributed by atoms with Crippen molar-refractivity contribution in [2.75, 3.05) is 5.32 Å². The van der Waals surface area contributed by atoms with Crippen molar-refractivity contribution in [3.8, 4) is 0 Å². The Hall–Kier alpha value is -1.84. The summed E-state index contributed by atoms with van der Waals surface area (Å²) in [6.07, 6.45) is 5.51. The molecule has 2 aromatic rings. The van der Waals surface area contributed by atoms with Crippen molar-refractivity contribution in [1.29, 1.82) is 0 Å². The number of nitrogens with zero attached hydrogens (tertiary/aromatic N) is 1. The van der Waals surface area contributed by atoms with Gasteiger partial charge >= 0.3 is 0 Å². The van der Waals surface area contributed by atoms with Gasteiger partial charge in [-0.2, -0.15) is 5.10 Å². The number of benzene rings is 1. The third kappa shape index (κ3) is 1.56. The van der Waals surface area contributed by atoms with Crippen LogP contribution in [0.15, 0.2) is 30.6 Å². The number of hydrogen-bond acceptors (Lipinski definition) is 2. The van der Waals surface area contributed by atoms with E-state index in [1.54, 1.807) is 12.3 Å². The number of anilines is 1. The summed E-state index contributed by atoms with van der Waals surface area (Å²) in [7, 11) is 0. The van der Waals surface area contributed by atoms with Gasteiger partial charge in [-0.3, -0.25) is 5.10 Å². The van der Waals surface area contributed by atoms with E-state index >= 15 is 0 Å². The minimum absolute atomic E-state index is 0.150. The maximum absolute atomic E-state index is 13.0. The van der Waals surface area contributed by atoms with Crippen LogP contribution in [0.25, 0.3) is 0 Å². The molecule has 0 fully saturated rings. The van der Waals surface area contributed by atoms with E-state index in [-0.39, 0.29) is 11.9 Å². The Balaban J connectivity index is 1.86. The van der Waals surface area contributed by atoms with Crippen molar-refractivity contribution in [1.82, 2.24) is 10.2 Å². The SMILES string of the molecule is Fc1ccc2c(c1)CCC2Nc1cn[nH]c1. The van der Waals surface area contributed by atoms with Crippen molar-refractivity contribution in [3.63, 3.8) is 0 Å². The molecule has 1 aliphatic rings. The Labute approximate surface area is 92.7 Å². The standard InChI is InChI=1S/C12H12FN3/c13-9-2-3-11-8(5-9)1-4-12(11)16-10-6-14-15-7-10/h2-3,5-7,12,16H,1,4H2,(H,14,15). The van der Waals surface area contributed by atoms with E-state index in [2.05, 4.69) is 15.5 Å². The fourth-order valence-electron chi connectivity index (χ4n) is 2.27. The predicted octanol–water partition coefficient (Wildman–Crippen LogP) is 2.65. The van der Waals surface area contributed by atoms with E-state index in [0.717, 1.165) is 24.1 Å². The van der Waals surface area contributed by atoms with Crippen LogP contribution < -0.4 is 5.32 Å². The fraction of sp³-hybridized carbons (Fsp3) is 0.250. The molecule has 1 aromatic heterocycles. The van der Waals surface area contributed by atoms with Crippen LogP contribution in [0.5, 0.6) is 0 Å². The van der Waals surface area contributed by atoms with Crippen LogP contribution in [-0.2, 0) is 6.42 Å². The largest absolute Gasteiger partial charge is 0.376 e. The summed E-state index contributed by atoms with van der Waals surface area (Å²) >= 11 is 0. The molecule has 2 N–H and O–H groups in total. The van der Waals surface area contributed by atoms with Crippen molar-refractivity contribution < 1.29 is 4.39 Å². The molecule has 3 rings (SSSR count). The van der Waals surface area contributed by atoms with Crippen LogP contribution in [0.2, 0.25) is 0 Å². The van der Waals surface area contributed by atoms with E-state index in [4.69, 9.17) is 0 Å². The van der Waals surface area contributed by atoms with Gasteiger partial charge in [-0.25, -0.2) is 4.39 Å².